The number of hydrogen-bond acceptors (Lipinski definition) is 5. The second kappa shape index (κ2) is 6.41. The predicted molar refractivity (Wildman–Crippen MR) is 97.8 cm³/mol. The highest BCUT2D eigenvalue weighted by Crippen LogP contribution is 2.40. The van der Waals surface area contributed by atoms with E-state index in [4.69, 9.17) is 4.74 Å². The fourth-order valence-corrected chi connectivity index (χ4v) is 3.66. The molecule has 9 heteroatoms. The highest BCUT2D eigenvalue weighted by molar-refractivity contribution is 7.15. The van der Waals surface area contributed by atoms with Crippen molar-refractivity contribution in [3.8, 4) is 5.75 Å². The predicted octanol–water partition coefficient (Wildman–Crippen LogP) is 3.64. The molecular weight excluding hydrogens is 376 g/mol. The van der Waals surface area contributed by atoms with Crippen LogP contribution < -0.4 is 15.5 Å². The largest absolute Gasteiger partial charge is 0.491 e. The molecule has 27 heavy (non-hydrogen) atoms. The summed E-state index contributed by atoms with van der Waals surface area (Å²) in [6.07, 6.45) is 4.61. The van der Waals surface area contributed by atoms with E-state index in [2.05, 4.69) is 10.3 Å². The lowest BCUT2D eigenvalue weighted by Crippen LogP contribution is -2.24. The Kier molecular flexibility index (Phi) is 4.18. The van der Waals surface area contributed by atoms with E-state index in [0.29, 0.717) is 5.13 Å². The summed E-state index contributed by atoms with van der Waals surface area (Å²) in [5.74, 6) is -3.34. The number of carbonyl (C=O) groups is 1. The molecule has 4 rings (SSSR count). The van der Waals surface area contributed by atoms with Gasteiger partial charge < -0.3 is 9.30 Å². The molecule has 1 aliphatic rings. The number of halogens is 2. The highest BCUT2D eigenvalue weighted by atomic mass is 32.1. The third kappa shape index (κ3) is 2.97. The minimum absolute atomic E-state index is 0.000480. The maximum atomic E-state index is 14.2. The Hall–Kier alpha value is -2.81. The average Bonchev–Trinajstić information content (AvgIpc) is 3.39. The summed E-state index contributed by atoms with van der Waals surface area (Å²) in [5.41, 5.74) is -0.689. The molecule has 3 aromatic rings. The van der Waals surface area contributed by atoms with Crippen LogP contribution in [0.1, 0.15) is 34.1 Å². The van der Waals surface area contributed by atoms with Crippen LogP contribution in [0.5, 0.6) is 5.75 Å². The molecule has 140 valence electrons. The Labute approximate surface area is 156 Å². The van der Waals surface area contributed by atoms with Gasteiger partial charge in [0.05, 0.1) is 18.0 Å². The molecule has 1 aliphatic carbocycles. The molecule has 6 nitrogen and oxygen atoms in total. The third-order valence-electron chi connectivity index (χ3n) is 4.40. The molecule has 0 radical (unpaired) electrons. The van der Waals surface area contributed by atoms with E-state index in [1.54, 1.807) is 10.8 Å². The Morgan fingerprint density at radius 1 is 1.41 bits per heavy atom. The molecule has 0 unspecified atom stereocenters. The average molecular weight is 391 g/mol. The van der Waals surface area contributed by atoms with Gasteiger partial charge in [0, 0.05) is 23.3 Å². The number of hydrogen-bond donors (Lipinski definition) is 1. The number of nitrogens with one attached hydrogen (secondary N) is 1. The number of benzene rings is 1. The van der Waals surface area contributed by atoms with Gasteiger partial charge in [-0.25, -0.2) is 9.37 Å². The molecule has 0 aliphatic heterocycles. The third-order valence-corrected chi connectivity index (χ3v) is 5.22. The van der Waals surface area contributed by atoms with Crippen LogP contribution in [-0.4, -0.2) is 22.6 Å². The van der Waals surface area contributed by atoms with Crippen molar-refractivity contribution in [1.29, 1.82) is 0 Å². The molecule has 1 fully saturated rings. The Morgan fingerprint density at radius 2 is 2.15 bits per heavy atom. The summed E-state index contributed by atoms with van der Waals surface area (Å²) >= 11 is 1.27. The fourth-order valence-electron chi connectivity index (χ4n) is 3.00. The van der Waals surface area contributed by atoms with Crippen molar-refractivity contribution in [3.63, 3.8) is 0 Å². The number of aryl methyl sites for hydroxylation is 1. The summed E-state index contributed by atoms with van der Waals surface area (Å²) in [7, 11) is 1.21. The number of methoxy groups -OCH3 is 1. The SMILES string of the molecule is COc1c(F)c(F)cc2c(=O)c(C(=O)Nc3ncc(C)s3)cn(C3CC3)c12. The summed E-state index contributed by atoms with van der Waals surface area (Å²) in [5, 5.41) is 2.84. The lowest BCUT2D eigenvalue weighted by Gasteiger charge is -2.16. The first-order valence-electron chi connectivity index (χ1n) is 8.25. The maximum absolute atomic E-state index is 14.2. The van der Waals surface area contributed by atoms with Crippen LogP contribution in [0.3, 0.4) is 0 Å². The Morgan fingerprint density at radius 3 is 2.74 bits per heavy atom. The van der Waals surface area contributed by atoms with Gasteiger partial charge in [0.25, 0.3) is 5.91 Å². The van der Waals surface area contributed by atoms with Crippen molar-refractivity contribution < 1.29 is 18.3 Å². The number of rotatable bonds is 4. The summed E-state index contributed by atoms with van der Waals surface area (Å²) in [6.45, 7) is 1.84. The van der Waals surface area contributed by atoms with Crippen molar-refractivity contribution in [1.82, 2.24) is 9.55 Å². The molecule has 2 aromatic heterocycles. The summed E-state index contributed by atoms with van der Waals surface area (Å²) in [4.78, 5) is 30.4. The summed E-state index contributed by atoms with van der Waals surface area (Å²) in [6, 6.07) is 0.819. The van der Waals surface area contributed by atoms with Gasteiger partial charge in [-0.05, 0) is 25.8 Å². The molecular formula is C18H15F2N3O3S. The van der Waals surface area contributed by atoms with Crippen LogP contribution in [0.25, 0.3) is 10.9 Å². The van der Waals surface area contributed by atoms with Crippen LogP contribution in [0.4, 0.5) is 13.9 Å². The molecule has 0 spiro atoms. The molecule has 0 saturated heterocycles. The monoisotopic (exact) mass is 391 g/mol. The van der Waals surface area contributed by atoms with Gasteiger partial charge in [-0.15, -0.1) is 11.3 Å². The first kappa shape index (κ1) is 17.6. The highest BCUT2D eigenvalue weighted by Gasteiger charge is 2.30. The molecule has 1 saturated carbocycles. The topological polar surface area (TPSA) is 73.2 Å². The maximum Gasteiger partial charge on any atom is 0.262 e. The number of thiazole rings is 1. The number of aromatic nitrogens is 2. The molecule has 1 N–H and O–H groups in total. The van der Waals surface area contributed by atoms with E-state index in [-0.39, 0.29) is 28.3 Å². The van der Waals surface area contributed by atoms with Crippen molar-refractivity contribution in [2.45, 2.75) is 25.8 Å². The summed E-state index contributed by atoms with van der Waals surface area (Å²) < 4.78 is 34.8. The van der Waals surface area contributed by atoms with Crippen molar-refractivity contribution in [3.05, 3.63) is 50.8 Å². The van der Waals surface area contributed by atoms with Crippen LogP contribution >= 0.6 is 11.3 Å². The van der Waals surface area contributed by atoms with E-state index in [1.165, 1.54) is 24.6 Å². The van der Waals surface area contributed by atoms with Crippen LogP contribution in [0, 0.1) is 18.6 Å². The number of amides is 1. The number of fused-ring (bicyclic) bond motifs is 1. The lowest BCUT2D eigenvalue weighted by molar-refractivity contribution is 0.102. The zero-order chi connectivity index (χ0) is 19.3. The Balaban J connectivity index is 1.92. The molecule has 1 amide bonds. The minimum atomic E-state index is -1.20. The zero-order valence-electron chi connectivity index (χ0n) is 14.5. The normalized spacial score (nSPS) is 13.8. The number of anilines is 1. The first-order chi connectivity index (χ1) is 12.9. The Bertz CT molecular complexity index is 1140. The van der Waals surface area contributed by atoms with Crippen molar-refractivity contribution >= 4 is 33.3 Å². The quantitative estimate of drug-likeness (QED) is 0.737. The van der Waals surface area contributed by atoms with Gasteiger partial charge in [0.2, 0.25) is 11.2 Å². The molecule has 2 heterocycles. The van der Waals surface area contributed by atoms with E-state index < -0.39 is 23.0 Å². The molecule has 1 aromatic carbocycles. The van der Waals surface area contributed by atoms with E-state index in [0.717, 1.165) is 23.8 Å². The van der Waals surface area contributed by atoms with E-state index in [9.17, 15) is 18.4 Å². The second-order valence-electron chi connectivity index (χ2n) is 6.34. The smallest absolute Gasteiger partial charge is 0.262 e. The zero-order valence-corrected chi connectivity index (χ0v) is 15.3. The van der Waals surface area contributed by atoms with Gasteiger partial charge in [0.15, 0.2) is 16.7 Å². The standard InChI is InChI=1S/C18H15F2N3O3S/c1-8-6-21-18(27-8)22-17(25)11-7-23(9-3-4-9)14-10(15(11)24)5-12(19)13(20)16(14)26-2/h5-7,9H,3-4H2,1-2H3,(H,21,22,25). The fraction of sp³-hybridized carbons (Fsp3) is 0.278. The lowest BCUT2D eigenvalue weighted by atomic mass is 10.1. The van der Waals surface area contributed by atoms with Gasteiger partial charge in [-0.2, -0.15) is 4.39 Å². The number of pyridine rings is 1. The van der Waals surface area contributed by atoms with Crippen LogP contribution in [0.2, 0.25) is 0 Å². The minimum Gasteiger partial charge on any atom is -0.491 e. The van der Waals surface area contributed by atoms with E-state index in [1.807, 2.05) is 6.92 Å². The van der Waals surface area contributed by atoms with Crippen LogP contribution in [0.15, 0.2) is 23.3 Å². The van der Waals surface area contributed by atoms with Crippen LogP contribution in [-0.2, 0) is 0 Å². The number of ether oxygens (including phenoxy) is 1. The number of nitrogens with zero attached hydrogens (tertiary/aromatic N) is 2. The number of carbonyl (C=O) groups excluding carboxylic acids is 1. The molecule has 0 bridgehead atoms. The van der Waals surface area contributed by atoms with Gasteiger partial charge in [-0.3, -0.25) is 14.9 Å². The van der Waals surface area contributed by atoms with Crippen molar-refractivity contribution in [2.75, 3.05) is 12.4 Å². The van der Waals surface area contributed by atoms with Gasteiger partial charge in [-0.1, -0.05) is 0 Å². The van der Waals surface area contributed by atoms with E-state index >= 15 is 0 Å². The van der Waals surface area contributed by atoms with Gasteiger partial charge in [0.1, 0.15) is 5.56 Å². The first-order valence-corrected chi connectivity index (χ1v) is 9.07. The second-order valence-corrected chi connectivity index (χ2v) is 7.58. The molecule has 0 atom stereocenters. The van der Waals surface area contributed by atoms with Gasteiger partial charge >= 0.3 is 0 Å². The van der Waals surface area contributed by atoms with Crippen molar-refractivity contribution in [2.24, 2.45) is 0 Å².